The topological polar surface area (TPSA) is 23.1 Å². The van der Waals surface area contributed by atoms with E-state index in [9.17, 15) is 5.21 Å². The summed E-state index contributed by atoms with van der Waals surface area (Å²) in [5.74, 6) is 0. The molecule has 0 aliphatic rings. The van der Waals surface area contributed by atoms with Crippen molar-refractivity contribution in [3.05, 3.63) is 17.4 Å². The summed E-state index contributed by atoms with van der Waals surface area (Å²) in [7, 11) is 0. The van der Waals surface area contributed by atoms with Gasteiger partial charge in [-0.1, -0.05) is 45.8 Å². The molecule has 0 aromatic carbocycles. The van der Waals surface area contributed by atoms with E-state index in [1.54, 1.807) is 0 Å². The van der Waals surface area contributed by atoms with Gasteiger partial charge < -0.3 is 9.85 Å². The molecule has 0 amide bonds. The van der Waals surface area contributed by atoms with Crippen LogP contribution in [0.2, 0.25) is 0 Å². The average molecular weight is 227 g/mol. The molecule has 0 aliphatic carbocycles. The predicted molar refractivity (Wildman–Crippen MR) is 72.1 cm³/mol. The van der Waals surface area contributed by atoms with Gasteiger partial charge in [0, 0.05) is 6.42 Å². The molecule has 2 heteroatoms. The third-order valence-electron chi connectivity index (χ3n) is 2.86. The Morgan fingerprint density at radius 3 is 1.88 bits per heavy atom. The normalized spacial score (nSPS) is 12.5. The molecule has 0 spiro atoms. The van der Waals surface area contributed by atoms with E-state index < -0.39 is 0 Å². The van der Waals surface area contributed by atoms with Gasteiger partial charge in [0.2, 0.25) is 0 Å². The highest BCUT2D eigenvalue weighted by molar-refractivity contribution is 4.81. The molecular formula is C14H29NO. The highest BCUT2D eigenvalue weighted by atomic mass is 16.5. The van der Waals surface area contributed by atoms with E-state index in [1.165, 1.54) is 12.8 Å². The van der Waals surface area contributed by atoms with Crippen LogP contribution in [0.5, 0.6) is 0 Å². The van der Waals surface area contributed by atoms with Crippen LogP contribution in [-0.2, 0) is 0 Å². The second-order valence-electron chi connectivity index (χ2n) is 4.63. The lowest BCUT2D eigenvalue weighted by atomic mass is 10.2. The van der Waals surface area contributed by atoms with Crippen molar-refractivity contribution < 1.29 is 4.65 Å². The van der Waals surface area contributed by atoms with Crippen molar-refractivity contribution in [3.63, 3.8) is 0 Å². The van der Waals surface area contributed by atoms with E-state index in [-0.39, 0.29) is 4.65 Å². The Morgan fingerprint density at radius 1 is 0.812 bits per heavy atom. The van der Waals surface area contributed by atoms with Crippen LogP contribution in [0, 0.1) is 5.21 Å². The molecule has 96 valence electrons. The molecule has 0 N–H and O–H groups in total. The molecule has 0 aromatic heterocycles. The van der Waals surface area contributed by atoms with Crippen LogP contribution in [0.15, 0.2) is 12.2 Å². The number of hydrogen-bond acceptors (Lipinski definition) is 1. The molecule has 0 heterocycles. The third-order valence-corrected chi connectivity index (χ3v) is 2.86. The van der Waals surface area contributed by atoms with Crippen molar-refractivity contribution in [2.45, 2.75) is 59.3 Å². The predicted octanol–water partition coefficient (Wildman–Crippen LogP) is 4.26. The largest absolute Gasteiger partial charge is 0.633 e. The monoisotopic (exact) mass is 227 g/mol. The van der Waals surface area contributed by atoms with Crippen molar-refractivity contribution in [2.24, 2.45) is 0 Å². The van der Waals surface area contributed by atoms with Crippen LogP contribution in [0.4, 0.5) is 0 Å². The number of nitrogens with zero attached hydrogens (tertiary/aromatic N) is 1. The number of rotatable bonds is 10. The van der Waals surface area contributed by atoms with Crippen molar-refractivity contribution in [1.82, 2.24) is 0 Å². The summed E-state index contributed by atoms with van der Waals surface area (Å²) in [6, 6.07) is 0. The molecule has 0 unspecified atom stereocenters. The zero-order chi connectivity index (χ0) is 12.3. The van der Waals surface area contributed by atoms with Gasteiger partial charge in [-0.25, -0.2) is 0 Å². The number of allylic oxidation sites excluding steroid dienone is 1. The minimum atomic E-state index is 0.00508. The fourth-order valence-corrected chi connectivity index (χ4v) is 2.02. The first kappa shape index (κ1) is 15.7. The van der Waals surface area contributed by atoms with Gasteiger partial charge in [-0.2, -0.15) is 0 Å². The number of hydroxylamine groups is 3. The first-order valence-corrected chi connectivity index (χ1v) is 6.90. The van der Waals surface area contributed by atoms with E-state index in [0.29, 0.717) is 0 Å². The van der Waals surface area contributed by atoms with Crippen molar-refractivity contribution in [1.29, 1.82) is 0 Å². The molecule has 0 aliphatic heterocycles. The smallest absolute Gasteiger partial charge is 0.0818 e. The van der Waals surface area contributed by atoms with Gasteiger partial charge >= 0.3 is 0 Å². The summed E-state index contributed by atoms with van der Waals surface area (Å²) < 4.78 is 0.00508. The highest BCUT2D eigenvalue weighted by Crippen LogP contribution is 2.09. The first-order chi connectivity index (χ1) is 7.68. The minimum absolute atomic E-state index is 0.00508. The van der Waals surface area contributed by atoms with Crippen molar-refractivity contribution in [2.75, 3.05) is 19.6 Å². The fourth-order valence-electron chi connectivity index (χ4n) is 2.02. The van der Waals surface area contributed by atoms with Gasteiger partial charge in [0.15, 0.2) is 0 Å². The zero-order valence-electron chi connectivity index (χ0n) is 11.4. The summed E-state index contributed by atoms with van der Waals surface area (Å²) in [6.07, 6.45) is 11.0. The Hall–Kier alpha value is -0.340. The molecule has 0 saturated heterocycles. The molecule has 0 saturated carbocycles. The van der Waals surface area contributed by atoms with Gasteiger partial charge in [-0.05, 0) is 19.3 Å². The summed E-state index contributed by atoms with van der Waals surface area (Å²) in [5.41, 5.74) is 0. The van der Waals surface area contributed by atoms with Crippen LogP contribution < -0.4 is 0 Å². The van der Waals surface area contributed by atoms with Crippen molar-refractivity contribution in [3.8, 4) is 0 Å². The van der Waals surface area contributed by atoms with Gasteiger partial charge in [-0.15, -0.1) is 0 Å². The minimum Gasteiger partial charge on any atom is -0.633 e. The molecule has 0 atom stereocenters. The second-order valence-corrected chi connectivity index (χ2v) is 4.63. The van der Waals surface area contributed by atoms with E-state index in [0.717, 1.165) is 45.3 Å². The molecule has 2 nitrogen and oxygen atoms in total. The molecule has 0 fully saturated rings. The Labute approximate surface area is 102 Å². The van der Waals surface area contributed by atoms with Crippen LogP contribution >= 0.6 is 0 Å². The van der Waals surface area contributed by atoms with Crippen LogP contribution in [-0.4, -0.2) is 24.3 Å². The van der Waals surface area contributed by atoms with Gasteiger partial charge in [0.25, 0.3) is 0 Å². The maximum atomic E-state index is 12.3. The van der Waals surface area contributed by atoms with Crippen molar-refractivity contribution >= 4 is 0 Å². The quantitative estimate of drug-likeness (QED) is 0.237. The van der Waals surface area contributed by atoms with Gasteiger partial charge in [-0.3, -0.25) is 0 Å². The van der Waals surface area contributed by atoms with Crippen LogP contribution in [0.3, 0.4) is 0 Å². The Balaban J connectivity index is 3.79. The lowest BCUT2D eigenvalue weighted by molar-refractivity contribution is -0.880. The van der Waals surface area contributed by atoms with E-state index in [2.05, 4.69) is 32.9 Å². The maximum absolute atomic E-state index is 12.3. The highest BCUT2D eigenvalue weighted by Gasteiger charge is 2.12. The summed E-state index contributed by atoms with van der Waals surface area (Å²) in [5, 5.41) is 12.3. The maximum Gasteiger partial charge on any atom is 0.0818 e. The zero-order valence-corrected chi connectivity index (χ0v) is 11.4. The SMILES string of the molecule is CCCC/C=C/CC[N+]([O-])(CCC)CCC. The number of unbranched alkanes of at least 4 members (excludes halogenated alkanes) is 2. The number of hydrogen-bond donors (Lipinski definition) is 0. The van der Waals surface area contributed by atoms with E-state index >= 15 is 0 Å². The lowest BCUT2D eigenvalue weighted by Crippen LogP contribution is -2.43. The second kappa shape index (κ2) is 9.86. The van der Waals surface area contributed by atoms with Gasteiger partial charge in [0.1, 0.15) is 0 Å². The Bertz CT molecular complexity index is 172. The fraction of sp³-hybridized carbons (Fsp3) is 0.857. The lowest BCUT2D eigenvalue weighted by Gasteiger charge is -2.42. The molecule has 0 aromatic rings. The Morgan fingerprint density at radius 2 is 1.38 bits per heavy atom. The first-order valence-electron chi connectivity index (χ1n) is 6.90. The number of quaternary nitrogens is 1. The molecule has 0 radical (unpaired) electrons. The van der Waals surface area contributed by atoms with Gasteiger partial charge in [0.05, 0.1) is 19.6 Å². The summed E-state index contributed by atoms with van der Waals surface area (Å²) in [4.78, 5) is 0. The third kappa shape index (κ3) is 7.89. The molecule has 0 bridgehead atoms. The standard InChI is InChI=1S/C14H29NO/c1-4-7-8-9-10-11-14-15(16,12-5-2)13-6-3/h9-10H,4-8,11-14H2,1-3H3/b10-9+. The van der Waals surface area contributed by atoms with Crippen LogP contribution in [0.25, 0.3) is 0 Å². The molecular weight excluding hydrogens is 198 g/mol. The Kier molecular flexibility index (Phi) is 9.65. The molecule has 0 rings (SSSR count). The summed E-state index contributed by atoms with van der Waals surface area (Å²) >= 11 is 0. The molecule has 16 heavy (non-hydrogen) atoms. The van der Waals surface area contributed by atoms with Crippen LogP contribution in [0.1, 0.15) is 59.3 Å². The average Bonchev–Trinajstić information content (AvgIpc) is 2.24. The van der Waals surface area contributed by atoms with E-state index in [1.807, 2.05) is 0 Å². The van der Waals surface area contributed by atoms with E-state index in [4.69, 9.17) is 0 Å². The summed E-state index contributed by atoms with van der Waals surface area (Å²) in [6.45, 7) is 8.70.